The number of nitrogens with two attached hydrogens (primary N) is 1. The van der Waals surface area contributed by atoms with E-state index in [4.69, 9.17) is 10.3 Å². The smallest absolute Gasteiger partial charge is 0.258 e. The zero-order chi connectivity index (χ0) is 15.1. The van der Waals surface area contributed by atoms with Crippen LogP contribution < -0.4 is 5.73 Å². The van der Waals surface area contributed by atoms with Crippen LogP contribution in [0.5, 0.6) is 0 Å². The Labute approximate surface area is 125 Å². The number of rotatable bonds is 4. The number of benzene rings is 1. The molecule has 4 rings (SSSR count). The normalized spacial score (nSPS) is 15.9. The second-order valence-corrected chi connectivity index (χ2v) is 5.33. The maximum atomic E-state index is 14.2. The first-order valence-corrected chi connectivity index (χ1v) is 6.96. The lowest BCUT2D eigenvalue weighted by atomic mass is 10.2. The Hall–Kier alpha value is -2.61. The third-order valence-electron chi connectivity index (χ3n) is 3.73. The molecule has 2 heterocycles. The van der Waals surface area contributed by atoms with Gasteiger partial charge in [0, 0.05) is 5.56 Å². The van der Waals surface area contributed by atoms with Gasteiger partial charge in [-0.1, -0.05) is 5.16 Å². The Morgan fingerprint density at radius 2 is 2.23 bits per heavy atom. The lowest BCUT2D eigenvalue weighted by Gasteiger charge is -2.03. The van der Waals surface area contributed by atoms with E-state index in [0.717, 1.165) is 12.8 Å². The summed E-state index contributed by atoms with van der Waals surface area (Å²) in [4.78, 5) is 8.07. The summed E-state index contributed by atoms with van der Waals surface area (Å²) >= 11 is 0. The van der Waals surface area contributed by atoms with Crippen LogP contribution in [0.3, 0.4) is 0 Å². The molecule has 0 amide bonds. The molecule has 112 valence electrons. The van der Waals surface area contributed by atoms with Crippen LogP contribution in [0.4, 0.5) is 4.39 Å². The molecule has 22 heavy (non-hydrogen) atoms. The van der Waals surface area contributed by atoms with Gasteiger partial charge in [0.2, 0.25) is 0 Å². The predicted octanol–water partition coefficient (Wildman–Crippen LogP) is 1.87. The maximum Gasteiger partial charge on any atom is 0.258 e. The van der Waals surface area contributed by atoms with Gasteiger partial charge in [0.05, 0.1) is 6.04 Å². The van der Waals surface area contributed by atoms with Crippen molar-refractivity contribution in [2.75, 3.05) is 0 Å². The Bertz CT molecular complexity index is 796. The van der Waals surface area contributed by atoms with Gasteiger partial charge in [0.1, 0.15) is 24.2 Å². The zero-order valence-corrected chi connectivity index (χ0v) is 11.6. The van der Waals surface area contributed by atoms with Crippen molar-refractivity contribution in [3.05, 3.63) is 42.5 Å². The summed E-state index contributed by atoms with van der Waals surface area (Å²) in [5, 5.41) is 7.80. The van der Waals surface area contributed by atoms with E-state index in [1.54, 1.807) is 12.1 Å². The fraction of sp³-hybridized carbons (Fsp3) is 0.286. The number of nitrogens with zero attached hydrogens (tertiary/aromatic N) is 5. The van der Waals surface area contributed by atoms with Crippen molar-refractivity contribution in [1.82, 2.24) is 24.9 Å². The van der Waals surface area contributed by atoms with Gasteiger partial charge in [-0.3, -0.25) is 0 Å². The number of halogens is 1. The standard InChI is InChI=1S/C14H13FN6O/c15-10-5-9(3-4-11(10)21-7-17-6-18-21)14-19-13(20-22-14)12(16)8-1-2-8/h3-8,12H,1-2,16H2. The summed E-state index contributed by atoms with van der Waals surface area (Å²) in [6, 6.07) is 4.40. The quantitative estimate of drug-likeness (QED) is 0.790. The van der Waals surface area contributed by atoms with Crippen molar-refractivity contribution in [3.8, 4) is 17.1 Å². The molecular weight excluding hydrogens is 287 g/mol. The van der Waals surface area contributed by atoms with Gasteiger partial charge >= 0.3 is 0 Å². The number of aromatic nitrogens is 5. The Morgan fingerprint density at radius 3 is 2.91 bits per heavy atom. The summed E-state index contributed by atoms with van der Waals surface area (Å²) in [5.74, 6) is 0.708. The third kappa shape index (κ3) is 2.27. The minimum atomic E-state index is -0.450. The second kappa shape index (κ2) is 4.99. The average molecular weight is 300 g/mol. The SMILES string of the molecule is NC(c1noc(-c2ccc(-n3cncn3)c(F)c2)n1)C1CC1. The molecule has 0 spiro atoms. The highest BCUT2D eigenvalue weighted by Gasteiger charge is 2.32. The summed E-state index contributed by atoms with van der Waals surface area (Å²) < 4.78 is 20.7. The van der Waals surface area contributed by atoms with Gasteiger partial charge in [0.25, 0.3) is 5.89 Å². The van der Waals surface area contributed by atoms with Crippen LogP contribution in [0.15, 0.2) is 35.4 Å². The van der Waals surface area contributed by atoms with E-state index in [1.807, 2.05) is 0 Å². The first kappa shape index (κ1) is 13.1. The molecule has 1 aromatic carbocycles. The topological polar surface area (TPSA) is 95.7 Å². The van der Waals surface area contributed by atoms with E-state index < -0.39 is 5.82 Å². The van der Waals surface area contributed by atoms with Crippen molar-refractivity contribution >= 4 is 0 Å². The van der Waals surface area contributed by atoms with E-state index in [-0.39, 0.29) is 11.9 Å². The highest BCUT2D eigenvalue weighted by Crippen LogP contribution is 2.38. The Kier molecular flexibility index (Phi) is 2.97. The highest BCUT2D eigenvalue weighted by atomic mass is 19.1. The van der Waals surface area contributed by atoms with Crippen LogP contribution in [0.2, 0.25) is 0 Å². The van der Waals surface area contributed by atoms with E-state index >= 15 is 0 Å². The van der Waals surface area contributed by atoms with Crippen molar-refractivity contribution < 1.29 is 8.91 Å². The third-order valence-corrected chi connectivity index (χ3v) is 3.73. The van der Waals surface area contributed by atoms with Crippen LogP contribution in [0.25, 0.3) is 17.1 Å². The first-order valence-electron chi connectivity index (χ1n) is 6.96. The fourth-order valence-corrected chi connectivity index (χ4v) is 2.31. The molecule has 1 aliphatic rings. The summed E-state index contributed by atoms with van der Waals surface area (Å²) in [6.07, 6.45) is 4.95. The largest absolute Gasteiger partial charge is 0.334 e. The van der Waals surface area contributed by atoms with E-state index in [9.17, 15) is 4.39 Å². The van der Waals surface area contributed by atoms with Gasteiger partial charge in [-0.25, -0.2) is 14.1 Å². The fourth-order valence-electron chi connectivity index (χ4n) is 2.31. The molecule has 1 atom stereocenters. The van der Waals surface area contributed by atoms with Gasteiger partial charge in [-0.05, 0) is 37.0 Å². The minimum Gasteiger partial charge on any atom is -0.334 e. The van der Waals surface area contributed by atoms with Crippen molar-refractivity contribution in [2.45, 2.75) is 18.9 Å². The lowest BCUT2D eigenvalue weighted by Crippen LogP contribution is -2.13. The van der Waals surface area contributed by atoms with Crippen LogP contribution in [-0.4, -0.2) is 24.9 Å². The Morgan fingerprint density at radius 1 is 1.36 bits per heavy atom. The van der Waals surface area contributed by atoms with Crippen molar-refractivity contribution in [1.29, 1.82) is 0 Å². The molecule has 7 nitrogen and oxygen atoms in total. The molecule has 8 heteroatoms. The molecule has 0 saturated heterocycles. The molecular formula is C14H13FN6O. The van der Waals surface area contributed by atoms with Gasteiger partial charge < -0.3 is 10.3 Å². The highest BCUT2D eigenvalue weighted by molar-refractivity contribution is 5.56. The zero-order valence-electron chi connectivity index (χ0n) is 11.6. The van der Waals surface area contributed by atoms with Crippen molar-refractivity contribution in [3.63, 3.8) is 0 Å². The van der Waals surface area contributed by atoms with Crippen LogP contribution >= 0.6 is 0 Å². The minimum absolute atomic E-state index is 0.211. The average Bonchev–Trinajstić information content (AvgIpc) is 3.03. The molecule has 0 bridgehead atoms. The monoisotopic (exact) mass is 300 g/mol. The van der Waals surface area contributed by atoms with Crippen molar-refractivity contribution in [2.24, 2.45) is 11.7 Å². The van der Waals surface area contributed by atoms with Crippen LogP contribution in [0, 0.1) is 11.7 Å². The molecule has 2 aromatic heterocycles. The molecule has 0 aliphatic heterocycles. The maximum absolute atomic E-state index is 14.2. The molecule has 1 unspecified atom stereocenters. The molecule has 1 aliphatic carbocycles. The van der Waals surface area contributed by atoms with Crippen LogP contribution in [-0.2, 0) is 0 Å². The van der Waals surface area contributed by atoms with Gasteiger partial charge in [-0.2, -0.15) is 10.1 Å². The molecule has 3 aromatic rings. The van der Waals surface area contributed by atoms with Gasteiger partial charge in [-0.15, -0.1) is 0 Å². The number of hydrogen-bond donors (Lipinski definition) is 1. The van der Waals surface area contributed by atoms with Gasteiger partial charge in [0.15, 0.2) is 5.82 Å². The molecule has 1 fully saturated rings. The first-order chi connectivity index (χ1) is 10.7. The summed E-state index contributed by atoms with van der Waals surface area (Å²) in [5.41, 5.74) is 6.84. The molecule has 1 saturated carbocycles. The Balaban J connectivity index is 1.64. The van der Waals surface area contributed by atoms with Crippen LogP contribution in [0.1, 0.15) is 24.7 Å². The van der Waals surface area contributed by atoms with E-state index in [1.165, 1.54) is 23.4 Å². The lowest BCUT2D eigenvalue weighted by molar-refractivity contribution is 0.411. The summed E-state index contributed by atoms with van der Waals surface area (Å²) in [7, 11) is 0. The molecule has 0 radical (unpaired) electrons. The number of hydrogen-bond acceptors (Lipinski definition) is 6. The summed E-state index contributed by atoms with van der Waals surface area (Å²) in [6.45, 7) is 0. The second-order valence-electron chi connectivity index (χ2n) is 5.33. The van der Waals surface area contributed by atoms with E-state index in [0.29, 0.717) is 23.0 Å². The van der Waals surface area contributed by atoms with E-state index in [2.05, 4.69) is 20.2 Å². The molecule has 2 N–H and O–H groups in total. The predicted molar refractivity (Wildman–Crippen MR) is 74.3 cm³/mol.